The fraction of sp³-hybridized carbons (Fsp3) is 0.471. The zero-order valence-electron chi connectivity index (χ0n) is 12.0. The number of aliphatic hydroxyl groups excluding tert-OH is 1. The van der Waals surface area contributed by atoms with E-state index in [9.17, 15) is 5.11 Å². The molecule has 0 fully saturated rings. The Morgan fingerprint density at radius 3 is 2.95 bits per heavy atom. The SMILES string of the molecule is Cn1nccc1CCC1CCCc2ccccc2C1O. The molecule has 3 heteroatoms. The lowest BCUT2D eigenvalue weighted by Crippen LogP contribution is -2.13. The second-order valence-electron chi connectivity index (χ2n) is 5.78. The molecule has 0 saturated carbocycles. The lowest BCUT2D eigenvalue weighted by molar-refractivity contribution is 0.0996. The molecule has 0 radical (unpaired) electrons. The molecule has 0 saturated heterocycles. The zero-order valence-corrected chi connectivity index (χ0v) is 12.0. The summed E-state index contributed by atoms with van der Waals surface area (Å²) in [6.07, 6.45) is 6.90. The molecule has 2 atom stereocenters. The lowest BCUT2D eigenvalue weighted by Gasteiger charge is -2.21. The average molecular weight is 270 g/mol. The molecule has 1 aromatic carbocycles. The van der Waals surface area contributed by atoms with Crippen molar-refractivity contribution in [1.82, 2.24) is 9.78 Å². The van der Waals surface area contributed by atoms with Crippen molar-refractivity contribution in [2.24, 2.45) is 13.0 Å². The molecule has 0 amide bonds. The van der Waals surface area contributed by atoms with E-state index in [-0.39, 0.29) is 6.10 Å². The Balaban J connectivity index is 1.73. The number of nitrogens with zero attached hydrogens (tertiary/aromatic N) is 2. The highest BCUT2D eigenvalue weighted by atomic mass is 16.3. The van der Waals surface area contributed by atoms with Gasteiger partial charge < -0.3 is 5.11 Å². The number of hydrogen-bond donors (Lipinski definition) is 1. The van der Waals surface area contributed by atoms with E-state index in [2.05, 4.69) is 29.4 Å². The number of fused-ring (bicyclic) bond motifs is 1. The quantitative estimate of drug-likeness (QED) is 0.871. The van der Waals surface area contributed by atoms with Crippen LogP contribution in [0.1, 0.15) is 42.2 Å². The second kappa shape index (κ2) is 5.80. The molecule has 1 aliphatic rings. The Labute approximate surface area is 120 Å². The summed E-state index contributed by atoms with van der Waals surface area (Å²) in [4.78, 5) is 0. The highest BCUT2D eigenvalue weighted by molar-refractivity contribution is 5.30. The van der Waals surface area contributed by atoms with Crippen molar-refractivity contribution in [2.45, 2.75) is 38.2 Å². The van der Waals surface area contributed by atoms with Gasteiger partial charge in [-0.05, 0) is 55.2 Å². The van der Waals surface area contributed by atoms with Gasteiger partial charge in [-0.25, -0.2) is 0 Å². The smallest absolute Gasteiger partial charge is 0.0820 e. The highest BCUT2D eigenvalue weighted by Gasteiger charge is 2.25. The van der Waals surface area contributed by atoms with Crippen LogP contribution in [-0.2, 0) is 19.9 Å². The largest absolute Gasteiger partial charge is 0.388 e. The average Bonchev–Trinajstić information content (AvgIpc) is 2.80. The minimum Gasteiger partial charge on any atom is -0.388 e. The first-order valence-electron chi connectivity index (χ1n) is 7.48. The highest BCUT2D eigenvalue weighted by Crippen LogP contribution is 2.35. The molecule has 106 valence electrons. The summed E-state index contributed by atoms with van der Waals surface area (Å²) in [7, 11) is 1.98. The topological polar surface area (TPSA) is 38.0 Å². The molecule has 1 heterocycles. The number of aliphatic hydroxyl groups is 1. The maximum absolute atomic E-state index is 10.7. The lowest BCUT2D eigenvalue weighted by atomic mass is 9.89. The summed E-state index contributed by atoms with van der Waals surface area (Å²) >= 11 is 0. The van der Waals surface area contributed by atoms with Crippen LogP contribution >= 0.6 is 0 Å². The summed E-state index contributed by atoms with van der Waals surface area (Å²) in [5.74, 6) is 0.355. The van der Waals surface area contributed by atoms with Crippen LogP contribution in [-0.4, -0.2) is 14.9 Å². The minimum atomic E-state index is -0.318. The first-order valence-corrected chi connectivity index (χ1v) is 7.48. The van der Waals surface area contributed by atoms with E-state index in [4.69, 9.17) is 0 Å². The summed E-state index contributed by atoms with van der Waals surface area (Å²) in [6, 6.07) is 10.4. The van der Waals surface area contributed by atoms with Crippen LogP contribution in [0, 0.1) is 5.92 Å². The summed E-state index contributed by atoms with van der Waals surface area (Å²) in [5.41, 5.74) is 3.71. The molecule has 2 unspecified atom stereocenters. The molecule has 0 bridgehead atoms. The maximum atomic E-state index is 10.7. The molecule has 3 rings (SSSR count). The van der Waals surface area contributed by atoms with Gasteiger partial charge in [-0.15, -0.1) is 0 Å². The Hall–Kier alpha value is -1.61. The van der Waals surface area contributed by atoms with E-state index in [1.54, 1.807) is 0 Å². The van der Waals surface area contributed by atoms with Crippen LogP contribution in [0.15, 0.2) is 36.5 Å². The third kappa shape index (κ3) is 2.63. The third-order valence-corrected chi connectivity index (χ3v) is 4.54. The monoisotopic (exact) mass is 270 g/mol. The van der Waals surface area contributed by atoms with Crippen LogP contribution in [0.3, 0.4) is 0 Å². The molecule has 20 heavy (non-hydrogen) atoms. The number of rotatable bonds is 3. The number of aryl methyl sites for hydroxylation is 3. The van der Waals surface area contributed by atoms with E-state index >= 15 is 0 Å². The van der Waals surface area contributed by atoms with Gasteiger partial charge in [-0.3, -0.25) is 4.68 Å². The van der Waals surface area contributed by atoms with E-state index in [0.717, 1.165) is 31.2 Å². The van der Waals surface area contributed by atoms with Gasteiger partial charge in [0.2, 0.25) is 0 Å². The molecular weight excluding hydrogens is 248 g/mol. The zero-order chi connectivity index (χ0) is 13.9. The van der Waals surface area contributed by atoms with Crippen molar-refractivity contribution >= 4 is 0 Å². The molecule has 0 spiro atoms. The Bertz CT molecular complexity index is 576. The van der Waals surface area contributed by atoms with E-state index < -0.39 is 0 Å². The van der Waals surface area contributed by atoms with Crippen molar-refractivity contribution < 1.29 is 5.11 Å². The van der Waals surface area contributed by atoms with Crippen molar-refractivity contribution in [3.05, 3.63) is 53.3 Å². The van der Waals surface area contributed by atoms with Gasteiger partial charge >= 0.3 is 0 Å². The van der Waals surface area contributed by atoms with Gasteiger partial charge in [0.1, 0.15) is 0 Å². The van der Waals surface area contributed by atoms with Gasteiger partial charge in [0.15, 0.2) is 0 Å². The Morgan fingerprint density at radius 1 is 1.30 bits per heavy atom. The Morgan fingerprint density at radius 2 is 2.15 bits per heavy atom. The van der Waals surface area contributed by atoms with Crippen LogP contribution in [0.2, 0.25) is 0 Å². The maximum Gasteiger partial charge on any atom is 0.0820 e. The third-order valence-electron chi connectivity index (χ3n) is 4.54. The normalized spacial score (nSPS) is 22.3. The molecule has 1 aliphatic carbocycles. The van der Waals surface area contributed by atoms with E-state index in [1.165, 1.54) is 17.7 Å². The summed E-state index contributed by atoms with van der Waals surface area (Å²) < 4.78 is 1.93. The van der Waals surface area contributed by atoms with Gasteiger partial charge in [-0.1, -0.05) is 24.3 Å². The molecule has 2 aromatic rings. The second-order valence-corrected chi connectivity index (χ2v) is 5.78. The van der Waals surface area contributed by atoms with Crippen molar-refractivity contribution in [3.8, 4) is 0 Å². The van der Waals surface area contributed by atoms with Gasteiger partial charge in [-0.2, -0.15) is 5.10 Å². The van der Waals surface area contributed by atoms with E-state index in [1.807, 2.05) is 24.0 Å². The van der Waals surface area contributed by atoms with E-state index in [0.29, 0.717) is 5.92 Å². The van der Waals surface area contributed by atoms with Crippen molar-refractivity contribution in [3.63, 3.8) is 0 Å². The molecule has 0 aliphatic heterocycles. The first kappa shape index (κ1) is 13.4. The Kier molecular flexibility index (Phi) is 3.88. The van der Waals surface area contributed by atoms with Gasteiger partial charge in [0, 0.05) is 18.9 Å². The van der Waals surface area contributed by atoms with Crippen molar-refractivity contribution in [1.29, 1.82) is 0 Å². The van der Waals surface area contributed by atoms with Crippen LogP contribution in [0.25, 0.3) is 0 Å². The summed E-state index contributed by atoms with van der Waals surface area (Å²) in [6.45, 7) is 0. The summed E-state index contributed by atoms with van der Waals surface area (Å²) in [5, 5.41) is 14.9. The van der Waals surface area contributed by atoms with Crippen molar-refractivity contribution in [2.75, 3.05) is 0 Å². The predicted molar refractivity (Wildman–Crippen MR) is 79.4 cm³/mol. The minimum absolute atomic E-state index is 0.318. The molecule has 1 N–H and O–H groups in total. The standard InChI is InChI=1S/C17H22N2O/c1-19-15(11-12-18-19)10-9-14-7-4-6-13-5-2-3-8-16(13)17(14)20/h2-3,5,8,11-12,14,17,20H,4,6-7,9-10H2,1H3. The number of hydrogen-bond acceptors (Lipinski definition) is 2. The fourth-order valence-electron chi connectivity index (χ4n) is 3.30. The first-order chi connectivity index (χ1) is 9.75. The van der Waals surface area contributed by atoms with Crippen LogP contribution < -0.4 is 0 Å². The van der Waals surface area contributed by atoms with Crippen LogP contribution in [0.4, 0.5) is 0 Å². The predicted octanol–water partition coefficient (Wildman–Crippen LogP) is 3.04. The number of benzene rings is 1. The van der Waals surface area contributed by atoms with Crippen LogP contribution in [0.5, 0.6) is 0 Å². The molecule has 3 nitrogen and oxygen atoms in total. The van der Waals surface area contributed by atoms with Gasteiger partial charge in [0.05, 0.1) is 6.10 Å². The van der Waals surface area contributed by atoms with Gasteiger partial charge in [0.25, 0.3) is 0 Å². The number of aromatic nitrogens is 2. The molecule has 1 aromatic heterocycles. The fourth-order valence-corrected chi connectivity index (χ4v) is 3.30. The molecular formula is C17H22N2O.